The molecule has 0 bridgehead atoms. The summed E-state index contributed by atoms with van der Waals surface area (Å²) >= 11 is 0. The molecule has 18 heavy (non-hydrogen) atoms. The third-order valence-corrected chi connectivity index (χ3v) is 4.10. The highest BCUT2D eigenvalue weighted by Crippen LogP contribution is 2.31. The Morgan fingerprint density at radius 2 is 2.22 bits per heavy atom. The third-order valence-electron chi connectivity index (χ3n) is 4.10. The van der Waals surface area contributed by atoms with Gasteiger partial charge in [-0.05, 0) is 44.1 Å². The molecule has 0 radical (unpaired) electrons. The normalized spacial score (nSPS) is 25.1. The Hall–Kier alpha value is -0.610. The average Bonchev–Trinajstić information content (AvgIpc) is 2.84. The first-order valence-electron chi connectivity index (χ1n) is 7.31. The summed E-state index contributed by atoms with van der Waals surface area (Å²) in [6.45, 7) is 3.65. The van der Waals surface area contributed by atoms with E-state index < -0.39 is 0 Å². The number of aliphatic hydroxyl groups excluding tert-OH is 1. The number of hydrogen-bond donors (Lipinski definition) is 3. The molecule has 1 aliphatic rings. The van der Waals surface area contributed by atoms with Gasteiger partial charge < -0.3 is 16.2 Å². The molecule has 1 fully saturated rings. The number of aliphatic hydroxyl groups is 1. The first-order chi connectivity index (χ1) is 8.72. The van der Waals surface area contributed by atoms with Crippen LogP contribution in [0.25, 0.3) is 0 Å². The second-order valence-electron chi connectivity index (χ2n) is 5.45. The van der Waals surface area contributed by atoms with Crippen molar-refractivity contribution >= 4 is 5.91 Å². The zero-order valence-corrected chi connectivity index (χ0v) is 11.5. The van der Waals surface area contributed by atoms with Crippen LogP contribution in [0.4, 0.5) is 0 Å². The van der Waals surface area contributed by atoms with Crippen molar-refractivity contribution in [3.63, 3.8) is 0 Å². The van der Waals surface area contributed by atoms with Gasteiger partial charge in [0.15, 0.2) is 0 Å². The van der Waals surface area contributed by atoms with Crippen molar-refractivity contribution in [2.24, 2.45) is 23.5 Å². The van der Waals surface area contributed by atoms with E-state index in [2.05, 4.69) is 12.2 Å². The third kappa shape index (κ3) is 4.58. The lowest BCUT2D eigenvalue weighted by molar-refractivity contribution is -0.126. The Balaban J connectivity index is 2.34. The van der Waals surface area contributed by atoms with Gasteiger partial charge in [0.25, 0.3) is 0 Å². The Kier molecular flexibility index (Phi) is 7.28. The van der Waals surface area contributed by atoms with Gasteiger partial charge >= 0.3 is 0 Å². The fourth-order valence-electron chi connectivity index (χ4n) is 2.98. The van der Waals surface area contributed by atoms with E-state index in [1.165, 1.54) is 0 Å². The second kappa shape index (κ2) is 8.48. The molecule has 1 rings (SSSR count). The largest absolute Gasteiger partial charge is 0.396 e. The first-order valence-corrected chi connectivity index (χ1v) is 7.31. The summed E-state index contributed by atoms with van der Waals surface area (Å²) < 4.78 is 0. The summed E-state index contributed by atoms with van der Waals surface area (Å²) in [4.78, 5) is 12.1. The van der Waals surface area contributed by atoms with E-state index in [-0.39, 0.29) is 18.4 Å². The van der Waals surface area contributed by atoms with E-state index in [9.17, 15) is 4.79 Å². The molecular formula is C14H28N2O2. The number of nitrogens with two attached hydrogens (primary N) is 1. The van der Waals surface area contributed by atoms with Crippen molar-refractivity contribution in [2.45, 2.75) is 45.4 Å². The Morgan fingerprint density at radius 1 is 1.44 bits per heavy atom. The van der Waals surface area contributed by atoms with Crippen molar-refractivity contribution in [1.29, 1.82) is 0 Å². The predicted octanol–water partition coefficient (Wildman–Crippen LogP) is 1.28. The molecule has 0 saturated heterocycles. The Bertz CT molecular complexity index is 240. The molecule has 4 N–H and O–H groups in total. The number of carbonyl (C=O) groups is 1. The lowest BCUT2D eigenvalue weighted by Gasteiger charge is -2.20. The minimum Gasteiger partial charge on any atom is -0.396 e. The zero-order valence-electron chi connectivity index (χ0n) is 11.5. The Morgan fingerprint density at radius 3 is 2.83 bits per heavy atom. The molecule has 3 unspecified atom stereocenters. The maximum Gasteiger partial charge on any atom is 0.223 e. The van der Waals surface area contributed by atoms with Crippen LogP contribution in [-0.2, 0) is 4.79 Å². The van der Waals surface area contributed by atoms with Gasteiger partial charge in [0.05, 0.1) is 0 Å². The molecule has 4 heteroatoms. The van der Waals surface area contributed by atoms with E-state index >= 15 is 0 Å². The molecule has 1 aliphatic carbocycles. The van der Waals surface area contributed by atoms with Crippen LogP contribution in [-0.4, -0.2) is 30.7 Å². The molecule has 3 atom stereocenters. The van der Waals surface area contributed by atoms with Crippen LogP contribution in [0, 0.1) is 17.8 Å². The summed E-state index contributed by atoms with van der Waals surface area (Å²) in [6, 6.07) is 0. The highest BCUT2D eigenvalue weighted by molar-refractivity contribution is 5.79. The van der Waals surface area contributed by atoms with Crippen molar-refractivity contribution < 1.29 is 9.90 Å². The maximum atomic E-state index is 12.1. The van der Waals surface area contributed by atoms with Crippen LogP contribution in [0.5, 0.6) is 0 Å². The van der Waals surface area contributed by atoms with Crippen LogP contribution in [0.2, 0.25) is 0 Å². The van der Waals surface area contributed by atoms with E-state index in [1.807, 2.05) is 0 Å². The molecule has 106 valence electrons. The molecule has 0 spiro atoms. The minimum atomic E-state index is 0.117. The smallest absolute Gasteiger partial charge is 0.223 e. The molecule has 1 amide bonds. The number of hydrogen-bond acceptors (Lipinski definition) is 3. The average molecular weight is 256 g/mol. The zero-order chi connectivity index (χ0) is 13.4. The lowest BCUT2D eigenvalue weighted by Crippen LogP contribution is -2.37. The number of nitrogens with one attached hydrogen (secondary N) is 1. The standard InChI is InChI=1S/C14H28N2O2/c1-2-4-11(7-8-17)10-16-14(18)13-6-3-5-12(13)9-15/h11-13,17H,2-10,15H2,1H3,(H,16,18). The number of carbonyl (C=O) groups excluding carboxylic acids is 1. The maximum absolute atomic E-state index is 12.1. The number of rotatable bonds is 8. The highest BCUT2D eigenvalue weighted by Gasteiger charge is 2.31. The van der Waals surface area contributed by atoms with Gasteiger partial charge in [-0.3, -0.25) is 4.79 Å². The molecule has 0 aliphatic heterocycles. The fraction of sp³-hybridized carbons (Fsp3) is 0.929. The molecular weight excluding hydrogens is 228 g/mol. The van der Waals surface area contributed by atoms with Gasteiger partial charge in [-0.1, -0.05) is 19.8 Å². The van der Waals surface area contributed by atoms with Crippen LogP contribution in [0.3, 0.4) is 0 Å². The molecule has 0 aromatic heterocycles. The predicted molar refractivity (Wildman–Crippen MR) is 73.0 cm³/mol. The molecule has 1 saturated carbocycles. The quantitative estimate of drug-likeness (QED) is 0.612. The van der Waals surface area contributed by atoms with Crippen LogP contribution < -0.4 is 11.1 Å². The van der Waals surface area contributed by atoms with Gasteiger partial charge in [0, 0.05) is 19.1 Å². The van der Waals surface area contributed by atoms with Crippen molar-refractivity contribution in [3.8, 4) is 0 Å². The van der Waals surface area contributed by atoms with Crippen LogP contribution in [0.15, 0.2) is 0 Å². The fourth-order valence-corrected chi connectivity index (χ4v) is 2.98. The van der Waals surface area contributed by atoms with Gasteiger partial charge in [-0.15, -0.1) is 0 Å². The van der Waals surface area contributed by atoms with Gasteiger partial charge in [-0.2, -0.15) is 0 Å². The van der Waals surface area contributed by atoms with Gasteiger partial charge in [-0.25, -0.2) is 0 Å². The minimum absolute atomic E-state index is 0.117. The summed E-state index contributed by atoms with van der Waals surface area (Å²) in [6.07, 6.45) is 6.12. The highest BCUT2D eigenvalue weighted by atomic mass is 16.3. The van der Waals surface area contributed by atoms with Crippen molar-refractivity contribution in [2.75, 3.05) is 19.7 Å². The molecule has 0 aromatic carbocycles. The molecule has 0 heterocycles. The van der Waals surface area contributed by atoms with E-state index in [0.29, 0.717) is 24.9 Å². The second-order valence-corrected chi connectivity index (χ2v) is 5.45. The SMILES string of the molecule is CCCC(CCO)CNC(=O)C1CCCC1CN. The summed E-state index contributed by atoms with van der Waals surface area (Å²) in [7, 11) is 0. The van der Waals surface area contributed by atoms with Gasteiger partial charge in [0.1, 0.15) is 0 Å². The van der Waals surface area contributed by atoms with E-state index in [4.69, 9.17) is 10.8 Å². The Labute approximate surface area is 110 Å². The summed E-state index contributed by atoms with van der Waals surface area (Å²) in [5.41, 5.74) is 5.70. The van der Waals surface area contributed by atoms with Crippen molar-refractivity contribution in [1.82, 2.24) is 5.32 Å². The monoisotopic (exact) mass is 256 g/mol. The first kappa shape index (κ1) is 15.4. The summed E-state index contributed by atoms with van der Waals surface area (Å²) in [5, 5.41) is 12.0. The lowest BCUT2D eigenvalue weighted by atomic mass is 9.94. The van der Waals surface area contributed by atoms with Crippen molar-refractivity contribution in [3.05, 3.63) is 0 Å². The van der Waals surface area contributed by atoms with Gasteiger partial charge in [0.2, 0.25) is 5.91 Å². The topological polar surface area (TPSA) is 75.3 Å². The number of amides is 1. The van der Waals surface area contributed by atoms with Crippen LogP contribution in [0.1, 0.15) is 45.4 Å². The molecule has 4 nitrogen and oxygen atoms in total. The van der Waals surface area contributed by atoms with E-state index in [0.717, 1.165) is 38.5 Å². The van der Waals surface area contributed by atoms with Crippen LogP contribution >= 0.6 is 0 Å². The summed E-state index contributed by atoms with van der Waals surface area (Å²) in [5.74, 6) is 1.06. The van der Waals surface area contributed by atoms with E-state index in [1.54, 1.807) is 0 Å². The molecule has 0 aromatic rings.